The minimum atomic E-state index is -3.53. The van der Waals surface area contributed by atoms with Crippen molar-refractivity contribution in [1.82, 2.24) is 4.31 Å². The summed E-state index contributed by atoms with van der Waals surface area (Å²) < 4.78 is 26.9. The van der Waals surface area contributed by atoms with E-state index in [-0.39, 0.29) is 29.4 Å². The lowest BCUT2D eigenvalue weighted by Crippen LogP contribution is -2.31. The Kier molecular flexibility index (Phi) is 6.49. The van der Waals surface area contributed by atoms with Crippen LogP contribution in [-0.2, 0) is 21.2 Å². The molecule has 0 fully saturated rings. The zero-order valence-corrected chi connectivity index (χ0v) is 17.6. The van der Waals surface area contributed by atoms with Gasteiger partial charge in [0.15, 0.2) is 5.78 Å². The molecule has 29 heavy (non-hydrogen) atoms. The number of nitrogens with zero attached hydrogens (tertiary/aromatic N) is 2. The highest BCUT2D eigenvalue weighted by Gasteiger charge is 2.28. The first kappa shape index (κ1) is 21.2. The van der Waals surface area contributed by atoms with Gasteiger partial charge in [0.2, 0.25) is 15.9 Å². The number of benzene rings is 2. The highest BCUT2D eigenvalue weighted by molar-refractivity contribution is 7.89. The van der Waals surface area contributed by atoms with Gasteiger partial charge in [-0.05, 0) is 30.2 Å². The van der Waals surface area contributed by atoms with Gasteiger partial charge in [-0.2, -0.15) is 4.31 Å². The van der Waals surface area contributed by atoms with Gasteiger partial charge in [-0.3, -0.25) is 9.59 Å². The summed E-state index contributed by atoms with van der Waals surface area (Å²) in [5, 5.41) is 0. The molecular weight excluding hydrogens is 388 g/mol. The van der Waals surface area contributed by atoms with Crippen molar-refractivity contribution >= 4 is 27.4 Å². The van der Waals surface area contributed by atoms with Gasteiger partial charge in [0.25, 0.3) is 0 Å². The maximum Gasteiger partial charge on any atom is 0.243 e. The molecule has 0 aliphatic carbocycles. The second-order valence-electron chi connectivity index (χ2n) is 6.96. The molecule has 2 aromatic rings. The quantitative estimate of drug-likeness (QED) is 0.622. The molecule has 154 valence electrons. The van der Waals surface area contributed by atoms with Crippen LogP contribution in [0.2, 0.25) is 0 Å². The van der Waals surface area contributed by atoms with Crippen LogP contribution >= 0.6 is 0 Å². The highest BCUT2D eigenvalue weighted by Crippen LogP contribution is 2.31. The molecule has 0 unspecified atom stereocenters. The Morgan fingerprint density at radius 1 is 1.00 bits per heavy atom. The second-order valence-corrected chi connectivity index (χ2v) is 8.90. The third-order valence-corrected chi connectivity index (χ3v) is 7.30. The van der Waals surface area contributed by atoms with Crippen molar-refractivity contribution in [1.29, 1.82) is 0 Å². The number of rotatable bonds is 8. The lowest BCUT2D eigenvalue weighted by atomic mass is 10.1. The van der Waals surface area contributed by atoms with Crippen LogP contribution in [-0.4, -0.2) is 44.0 Å². The molecule has 1 aliphatic heterocycles. The Labute approximate surface area is 172 Å². The molecule has 1 heterocycles. The van der Waals surface area contributed by atoms with Crippen LogP contribution in [0.4, 0.5) is 5.69 Å². The molecule has 0 saturated carbocycles. The lowest BCUT2D eigenvalue weighted by Gasteiger charge is -2.20. The van der Waals surface area contributed by atoms with Gasteiger partial charge >= 0.3 is 0 Å². The fourth-order valence-electron chi connectivity index (χ4n) is 3.63. The first-order valence-electron chi connectivity index (χ1n) is 9.90. The fraction of sp³-hybridized carbons (Fsp3) is 0.364. The van der Waals surface area contributed by atoms with Crippen LogP contribution in [0, 0.1) is 0 Å². The Morgan fingerprint density at radius 3 is 2.34 bits per heavy atom. The Morgan fingerprint density at radius 2 is 1.69 bits per heavy atom. The molecular formula is C22H26N2O4S. The summed E-state index contributed by atoms with van der Waals surface area (Å²) in [5.41, 5.74) is 2.19. The molecule has 0 atom stereocenters. The van der Waals surface area contributed by atoms with E-state index in [1.807, 2.05) is 19.9 Å². The fourth-order valence-corrected chi connectivity index (χ4v) is 5.14. The molecule has 0 radical (unpaired) electrons. The summed E-state index contributed by atoms with van der Waals surface area (Å²) in [6, 6.07) is 13.9. The van der Waals surface area contributed by atoms with E-state index in [1.165, 1.54) is 4.31 Å². The molecule has 1 aliphatic rings. The van der Waals surface area contributed by atoms with Crippen molar-refractivity contribution in [2.75, 3.05) is 24.5 Å². The number of carbonyl (C=O) groups excluding carboxylic acids is 2. The number of amides is 1. The zero-order chi connectivity index (χ0) is 21.0. The van der Waals surface area contributed by atoms with E-state index >= 15 is 0 Å². The van der Waals surface area contributed by atoms with Crippen LogP contribution < -0.4 is 4.90 Å². The predicted molar refractivity (Wildman–Crippen MR) is 113 cm³/mol. The molecule has 2 aromatic carbocycles. The van der Waals surface area contributed by atoms with Gasteiger partial charge in [-0.25, -0.2) is 8.42 Å². The molecule has 0 aromatic heterocycles. The monoisotopic (exact) mass is 414 g/mol. The summed E-state index contributed by atoms with van der Waals surface area (Å²) in [7, 11) is -3.53. The van der Waals surface area contributed by atoms with Gasteiger partial charge in [0, 0.05) is 43.7 Å². The van der Waals surface area contributed by atoms with Crippen LogP contribution in [0.1, 0.15) is 42.6 Å². The number of hydrogen-bond acceptors (Lipinski definition) is 4. The topological polar surface area (TPSA) is 74.8 Å². The standard InChI is InChI=1S/C22H26N2O4S/c1-3-23(4-2)29(27,28)19-10-11-20-18(16-19)14-15-24(20)22(26)13-12-21(25)17-8-6-5-7-9-17/h5-11,16H,3-4,12-15H2,1-2H3. The Balaban J connectivity index is 1.71. The van der Waals surface area contributed by atoms with E-state index < -0.39 is 10.0 Å². The van der Waals surface area contributed by atoms with E-state index in [9.17, 15) is 18.0 Å². The number of carbonyl (C=O) groups is 2. The largest absolute Gasteiger partial charge is 0.312 e. The van der Waals surface area contributed by atoms with Gasteiger partial charge in [-0.1, -0.05) is 44.2 Å². The maximum atomic E-state index is 12.7. The molecule has 0 N–H and O–H groups in total. The van der Waals surface area contributed by atoms with Crippen molar-refractivity contribution in [3.05, 3.63) is 59.7 Å². The number of fused-ring (bicyclic) bond motifs is 1. The zero-order valence-electron chi connectivity index (χ0n) is 16.8. The van der Waals surface area contributed by atoms with Gasteiger partial charge in [0.05, 0.1) is 4.90 Å². The Hall–Kier alpha value is -2.51. The number of hydrogen-bond donors (Lipinski definition) is 0. The van der Waals surface area contributed by atoms with E-state index in [0.29, 0.717) is 31.6 Å². The van der Waals surface area contributed by atoms with Gasteiger partial charge in [0.1, 0.15) is 0 Å². The molecule has 1 amide bonds. The average molecular weight is 415 g/mol. The number of ketones is 1. The second kappa shape index (κ2) is 8.88. The van der Waals surface area contributed by atoms with Crippen molar-refractivity contribution in [2.45, 2.75) is 38.0 Å². The third kappa shape index (κ3) is 4.41. The van der Waals surface area contributed by atoms with E-state index in [1.54, 1.807) is 47.4 Å². The average Bonchev–Trinajstić information content (AvgIpc) is 3.16. The van der Waals surface area contributed by atoms with Crippen molar-refractivity contribution in [3.63, 3.8) is 0 Å². The molecule has 3 rings (SSSR count). The van der Waals surface area contributed by atoms with Crippen molar-refractivity contribution in [3.8, 4) is 0 Å². The molecule has 0 bridgehead atoms. The van der Waals surface area contributed by atoms with Crippen LogP contribution in [0.15, 0.2) is 53.4 Å². The Bertz CT molecular complexity index is 999. The SMILES string of the molecule is CCN(CC)S(=O)(=O)c1ccc2c(c1)CCN2C(=O)CCC(=O)c1ccccc1. The van der Waals surface area contributed by atoms with Crippen molar-refractivity contribution in [2.24, 2.45) is 0 Å². The normalized spacial score (nSPS) is 13.6. The molecule has 0 spiro atoms. The van der Waals surface area contributed by atoms with E-state index in [0.717, 1.165) is 11.3 Å². The number of Topliss-reactive ketones (excluding diaryl/α,β-unsaturated/α-hetero) is 1. The van der Waals surface area contributed by atoms with E-state index in [4.69, 9.17) is 0 Å². The van der Waals surface area contributed by atoms with Gasteiger partial charge < -0.3 is 4.90 Å². The van der Waals surface area contributed by atoms with Crippen LogP contribution in [0.3, 0.4) is 0 Å². The summed E-state index contributed by atoms with van der Waals surface area (Å²) in [6.07, 6.45) is 0.894. The summed E-state index contributed by atoms with van der Waals surface area (Å²) in [5.74, 6) is -0.175. The first-order valence-corrected chi connectivity index (χ1v) is 11.3. The molecule has 6 nitrogen and oxygen atoms in total. The predicted octanol–water partition coefficient (Wildman–Crippen LogP) is 3.27. The first-order chi connectivity index (χ1) is 13.9. The summed E-state index contributed by atoms with van der Waals surface area (Å²) >= 11 is 0. The minimum Gasteiger partial charge on any atom is -0.312 e. The van der Waals surface area contributed by atoms with E-state index in [2.05, 4.69) is 0 Å². The smallest absolute Gasteiger partial charge is 0.243 e. The molecule has 7 heteroatoms. The highest BCUT2D eigenvalue weighted by atomic mass is 32.2. The van der Waals surface area contributed by atoms with Crippen LogP contribution in [0.5, 0.6) is 0 Å². The lowest BCUT2D eigenvalue weighted by molar-refractivity contribution is -0.118. The van der Waals surface area contributed by atoms with Crippen molar-refractivity contribution < 1.29 is 18.0 Å². The number of sulfonamides is 1. The third-order valence-electron chi connectivity index (χ3n) is 5.25. The van der Waals surface area contributed by atoms with Gasteiger partial charge in [-0.15, -0.1) is 0 Å². The minimum absolute atomic E-state index is 0.0564. The van der Waals surface area contributed by atoms with Crippen LogP contribution in [0.25, 0.3) is 0 Å². The summed E-state index contributed by atoms with van der Waals surface area (Å²) in [4.78, 5) is 26.8. The molecule has 0 saturated heterocycles. The maximum absolute atomic E-state index is 12.7. The number of anilines is 1. The summed E-state index contributed by atoms with van der Waals surface area (Å²) in [6.45, 7) is 4.95.